The number of carbonyl (C=O) groups excluding carboxylic acids is 3. The van der Waals surface area contributed by atoms with Crippen LogP contribution in [-0.2, 0) is 21.0 Å². The SMILES string of the molecule is CN(C)CCCC(=O)C1CCCCC1N1C(=O)c2ccccc2C(C(=O)NOCc2ccccn2)C1c1ccc(Cl)cc1Cl. The van der Waals surface area contributed by atoms with Gasteiger partial charge in [-0.1, -0.05) is 66.4 Å². The molecule has 1 fully saturated rings. The van der Waals surface area contributed by atoms with Crippen LogP contribution in [0.1, 0.15) is 77.7 Å². The lowest BCUT2D eigenvalue weighted by atomic mass is 9.74. The molecule has 8 nitrogen and oxygen atoms in total. The van der Waals surface area contributed by atoms with Gasteiger partial charge in [-0.05, 0) is 81.4 Å². The quantitative estimate of drug-likeness (QED) is 0.245. The number of hydrogen-bond acceptors (Lipinski definition) is 6. The third kappa shape index (κ3) is 7.15. The smallest absolute Gasteiger partial charge is 0.254 e. The molecular formula is C34H38Cl2N4O4. The zero-order chi connectivity index (χ0) is 31.2. The Morgan fingerprint density at radius 2 is 1.80 bits per heavy atom. The van der Waals surface area contributed by atoms with Gasteiger partial charge in [0, 0.05) is 40.2 Å². The molecule has 5 rings (SSSR count). The van der Waals surface area contributed by atoms with Crippen molar-refractivity contribution in [2.24, 2.45) is 5.92 Å². The summed E-state index contributed by atoms with van der Waals surface area (Å²) < 4.78 is 0. The summed E-state index contributed by atoms with van der Waals surface area (Å²) in [5.41, 5.74) is 4.88. The highest BCUT2D eigenvalue weighted by atomic mass is 35.5. The van der Waals surface area contributed by atoms with Crippen LogP contribution < -0.4 is 5.48 Å². The van der Waals surface area contributed by atoms with E-state index in [9.17, 15) is 14.4 Å². The van der Waals surface area contributed by atoms with Crippen molar-refractivity contribution in [1.29, 1.82) is 0 Å². The Kier molecular flexibility index (Phi) is 10.7. The maximum atomic E-state index is 14.5. The van der Waals surface area contributed by atoms with E-state index >= 15 is 0 Å². The number of ketones is 1. The van der Waals surface area contributed by atoms with Crippen molar-refractivity contribution in [3.63, 3.8) is 0 Å². The molecule has 1 aromatic heterocycles. The van der Waals surface area contributed by atoms with Crippen molar-refractivity contribution in [2.75, 3.05) is 20.6 Å². The molecule has 232 valence electrons. The first kappa shape index (κ1) is 32.1. The first-order valence-electron chi connectivity index (χ1n) is 15.1. The molecule has 44 heavy (non-hydrogen) atoms. The van der Waals surface area contributed by atoms with Crippen LogP contribution in [0.5, 0.6) is 0 Å². The lowest BCUT2D eigenvalue weighted by molar-refractivity contribution is -0.138. The molecule has 2 aliphatic rings. The van der Waals surface area contributed by atoms with Crippen LogP contribution in [0.25, 0.3) is 0 Å². The Morgan fingerprint density at radius 1 is 1.02 bits per heavy atom. The van der Waals surface area contributed by atoms with Crippen LogP contribution in [0.4, 0.5) is 0 Å². The molecule has 1 N–H and O–H groups in total. The van der Waals surface area contributed by atoms with Gasteiger partial charge in [-0.15, -0.1) is 0 Å². The largest absolute Gasteiger partial charge is 0.327 e. The second kappa shape index (κ2) is 14.7. The van der Waals surface area contributed by atoms with Crippen LogP contribution in [0.15, 0.2) is 66.9 Å². The van der Waals surface area contributed by atoms with E-state index in [0.29, 0.717) is 51.7 Å². The monoisotopic (exact) mass is 636 g/mol. The fraction of sp³-hybridized carbons (Fsp3) is 0.412. The number of hydroxylamine groups is 1. The van der Waals surface area contributed by atoms with E-state index in [1.165, 1.54) is 0 Å². The Labute approximate surface area is 268 Å². The second-order valence-electron chi connectivity index (χ2n) is 11.8. The van der Waals surface area contributed by atoms with E-state index in [1.54, 1.807) is 59.6 Å². The summed E-state index contributed by atoms with van der Waals surface area (Å²) in [4.78, 5) is 56.1. The maximum Gasteiger partial charge on any atom is 0.254 e. The van der Waals surface area contributed by atoms with Crippen LogP contribution in [0, 0.1) is 5.92 Å². The van der Waals surface area contributed by atoms with E-state index in [4.69, 9.17) is 28.0 Å². The summed E-state index contributed by atoms with van der Waals surface area (Å²) >= 11 is 13.1. The number of halogens is 2. The summed E-state index contributed by atoms with van der Waals surface area (Å²) in [5.74, 6) is -1.68. The third-order valence-electron chi connectivity index (χ3n) is 8.59. The number of Topliss-reactive ketones (excluding diaryl/α,β-unsaturated/α-hetero) is 1. The Balaban J connectivity index is 1.55. The molecule has 1 aliphatic heterocycles. The highest BCUT2D eigenvalue weighted by molar-refractivity contribution is 6.35. The van der Waals surface area contributed by atoms with Gasteiger partial charge in [0.25, 0.3) is 11.8 Å². The number of fused-ring (bicyclic) bond motifs is 1. The Hall–Kier alpha value is -3.30. The van der Waals surface area contributed by atoms with Crippen LogP contribution in [-0.4, -0.2) is 59.1 Å². The van der Waals surface area contributed by atoms with E-state index in [1.807, 2.05) is 26.2 Å². The first-order chi connectivity index (χ1) is 21.3. The van der Waals surface area contributed by atoms with Gasteiger partial charge in [0.1, 0.15) is 12.4 Å². The fourth-order valence-electron chi connectivity index (χ4n) is 6.57. The average molecular weight is 638 g/mol. The number of rotatable bonds is 11. The summed E-state index contributed by atoms with van der Waals surface area (Å²) in [6.45, 7) is 0.880. The topological polar surface area (TPSA) is 91.8 Å². The first-order valence-corrected chi connectivity index (χ1v) is 15.9. The molecule has 4 atom stereocenters. The van der Waals surface area contributed by atoms with Crippen LogP contribution in [0.2, 0.25) is 10.0 Å². The van der Waals surface area contributed by atoms with Gasteiger partial charge in [-0.2, -0.15) is 0 Å². The van der Waals surface area contributed by atoms with Crippen molar-refractivity contribution in [3.8, 4) is 0 Å². The van der Waals surface area contributed by atoms with Gasteiger partial charge in [0.2, 0.25) is 0 Å². The van der Waals surface area contributed by atoms with E-state index < -0.39 is 23.9 Å². The molecule has 4 unspecified atom stereocenters. The van der Waals surface area contributed by atoms with Gasteiger partial charge >= 0.3 is 0 Å². The standard InChI is InChI=1S/C34H38Cl2N4O4/c1-39(2)19-9-15-30(41)27-13-5-6-14-29(27)40-32(26-17-16-22(35)20-28(26)36)31(24-11-3-4-12-25(24)34(40)43)33(42)38-44-21-23-10-7-8-18-37-23/h3-4,7-8,10-12,16-18,20,27,29,31-32H,5-6,9,13-15,19,21H2,1-2H3,(H,38,42). The highest BCUT2D eigenvalue weighted by Gasteiger charge is 2.50. The van der Waals surface area contributed by atoms with Gasteiger partial charge in [-0.3, -0.25) is 24.2 Å². The van der Waals surface area contributed by atoms with Crippen molar-refractivity contribution in [3.05, 3.63) is 99.3 Å². The molecule has 1 aliphatic carbocycles. The number of nitrogens with one attached hydrogen (secondary N) is 1. The molecule has 2 heterocycles. The normalized spacial score (nSPS) is 21.7. The third-order valence-corrected chi connectivity index (χ3v) is 9.15. The summed E-state index contributed by atoms with van der Waals surface area (Å²) in [7, 11) is 3.98. The zero-order valence-electron chi connectivity index (χ0n) is 25.0. The lowest BCUT2D eigenvalue weighted by Crippen LogP contribution is -2.55. The molecule has 10 heteroatoms. The second-order valence-corrected chi connectivity index (χ2v) is 12.6. The van der Waals surface area contributed by atoms with Gasteiger partial charge in [-0.25, -0.2) is 5.48 Å². The molecule has 0 bridgehead atoms. The number of carbonyl (C=O) groups is 3. The van der Waals surface area contributed by atoms with Crippen molar-refractivity contribution in [1.82, 2.24) is 20.3 Å². The summed E-state index contributed by atoms with van der Waals surface area (Å²) in [6.07, 6.45) is 5.99. The molecule has 0 spiro atoms. The van der Waals surface area contributed by atoms with Crippen molar-refractivity contribution < 1.29 is 19.2 Å². The van der Waals surface area contributed by atoms with E-state index in [2.05, 4.69) is 15.4 Å². The molecule has 0 saturated heterocycles. The van der Waals surface area contributed by atoms with Crippen molar-refractivity contribution >= 4 is 40.8 Å². The number of hydrogen-bond donors (Lipinski definition) is 1. The maximum absolute atomic E-state index is 14.5. The Morgan fingerprint density at radius 3 is 2.55 bits per heavy atom. The van der Waals surface area contributed by atoms with Gasteiger partial charge in [0.05, 0.1) is 17.7 Å². The number of nitrogens with zero attached hydrogens (tertiary/aromatic N) is 3. The van der Waals surface area contributed by atoms with Gasteiger partial charge < -0.3 is 9.80 Å². The molecule has 2 aromatic carbocycles. The molecule has 2 amide bonds. The predicted octanol–water partition coefficient (Wildman–Crippen LogP) is 6.39. The minimum atomic E-state index is -0.863. The number of aromatic nitrogens is 1. The fourth-order valence-corrected chi connectivity index (χ4v) is 7.09. The van der Waals surface area contributed by atoms with Crippen molar-refractivity contribution in [2.45, 2.75) is 63.1 Å². The van der Waals surface area contributed by atoms with Gasteiger partial charge in [0.15, 0.2) is 0 Å². The number of benzene rings is 2. The zero-order valence-corrected chi connectivity index (χ0v) is 26.6. The minimum absolute atomic E-state index is 0.0715. The lowest BCUT2D eigenvalue weighted by Gasteiger charge is -2.49. The van der Waals surface area contributed by atoms with Crippen LogP contribution >= 0.6 is 23.2 Å². The molecule has 0 radical (unpaired) electrons. The van der Waals surface area contributed by atoms with E-state index in [-0.39, 0.29) is 24.2 Å². The predicted molar refractivity (Wildman–Crippen MR) is 170 cm³/mol. The molecule has 3 aromatic rings. The minimum Gasteiger partial charge on any atom is -0.327 e. The van der Waals surface area contributed by atoms with E-state index in [0.717, 1.165) is 25.8 Å². The average Bonchev–Trinajstić information content (AvgIpc) is 3.01. The number of pyridine rings is 1. The Bertz CT molecular complexity index is 1490. The summed E-state index contributed by atoms with van der Waals surface area (Å²) in [6, 6.07) is 16.5. The highest BCUT2D eigenvalue weighted by Crippen LogP contribution is 2.48. The number of amides is 2. The molecular weight excluding hydrogens is 599 g/mol. The molecule has 1 saturated carbocycles. The summed E-state index contributed by atoms with van der Waals surface area (Å²) in [5, 5.41) is 0.788. The van der Waals surface area contributed by atoms with Crippen LogP contribution in [0.3, 0.4) is 0 Å².